The molecule has 11 heavy (non-hydrogen) atoms. The predicted molar refractivity (Wildman–Crippen MR) is 41.7 cm³/mol. The maximum absolute atomic E-state index is 5.90. The smallest absolute Gasteiger partial charge is 0.0756 e. The minimum Gasteiger partial charge on any atom is -0.322 e. The maximum Gasteiger partial charge on any atom is 0.0756 e. The second-order valence-electron chi connectivity index (χ2n) is 2.99. The highest BCUT2D eigenvalue weighted by Crippen LogP contribution is 2.38. The predicted octanol–water partition coefficient (Wildman–Crippen LogP) is 0.886. The van der Waals surface area contributed by atoms with E-state index in [-0.39, 0.29) is 6.04 Å². The Morgan fingerprint density at radius 1 is 1.45 bits per heavy atom. The van der Waals surface area contributed by atoms with Crippen molar-refractivity contribution in [1.29, 1.82) is 0 Å². The number of aromatic nitrogens is 2. The molecule has 0 saturated heterocycles. The molecule has 1 unspecified atom stereocenters. The third-order valence-corrected chi connectivity index (χ3v) is 2.05. The van der Waals surface area contributed by atoms with E-state index in [1.54, 1.807) is 18.6 Å². The van der Waals surface area contributed by atoms with Crippen LogP contribution in [0.3, 0.4) is 0 Å². The van der Waals surface area contributed by atoms with E-state index in [1.165, 1.54) is 12.8 Å². The normalized spacial score (nSPS) is 19.7. The van der Waals surface area contributed by atoms with Crippen molar-refractivity contribution in [3.63, 3.8) is 0 Å². The van der Waals surface area contributed by atoms with Gasteiger partial charge in [-0.15, -0.1) is 0 Å². The summed E-state index contributed by atoms with van der Waals surface area (Å²) in [7, 11) is 0. The number of hydrogen-bond donors (Lipinski definition) is 1. The lowest BCUT2D eigenvalue weighted by Gasteiger charge is -2.06. The van der Waals surface area contributed by atoms with Gasteiger partial charge in [-0.05, 0) is 18.8 Å². The van der Waals surface area contributed by atoms with Gasteiger partial charge in [-0.2, -0.15) is 0 Å². The van der Waals surface area contributed by atoms with Crippen molar-refractivity contribution >= 4 is 0 Å². The minimum absolute atomic E-state index is 0.115. The van der Waals surface area contributed by atoms with Crippen LogP contribution in [0, 0.1) is 5.92 Å². The van der Waals surface area contributed by atoms with Crippen molar-refractivity contribution in [2.24, 2.45) is 11.7 Å². The Labute approximate surface area is 65.7 Å². The molecule has 1 atom stereocenters. The maximum atomic E-state index is 5.90. The van der Waals surface area contributed by atoms with Crippen molar-refractivity contribution in [1.82, 2.24) is 9.97 Å². The summed E-state index contributed by atoms with van der Waals surface area (Å²) >= 11 is 0. The first-order chi connectivity index (χ1) is 5.38. The molecule has 2 N–H and O–H groups in total. The Hall–Kier alpha value is -0.960. The van der Waals surface area contributed by atoms with Gasteiger partial charge in [0.1, 0.15) is 0 Å². The molecule has 0 aromatic carbocycles. The van der Waals surface area contributed by atoms with Crippen molar-refractivity contribution in [2.75, 3.05) is 0 Å². The van der Waals surface area contributed by atoms with Gasteiger partial charge in [-0.1, -0.05) is 0 Å². The molecule has 0 radical (unpaired) electrons. The SMILES string of the molecule is NC(c1cnccn1)C1CC1. The van der Waals surface area contributed by atoms with Crippen LogP contribution >= 0.6 is 0 Å². The standard InChI is InChI=1S/C8H11N3/c9-8(6-1-2-6)7-5-10-3-4-11-7/h3-6,8H,1-2,9H2. The third kappa shape index (κ3) is 1.38. The average Bonchev–Trinajstić information content (AvgIpc) is 2.87. The number of nitrogens with two attached hydrogens (primary N) is 1. The lowest BCUT2D eigenvalue weighted by Crippen LogP contribution is -2.13. The molecular formula is C8H11N3. The summed E-state index contributed by atoms with van der Waals surface area (Å²) in [6.45, 7) is 0. The molecule has 1 aliphatic carbocycles. The second-order valence-corrected chi connectivity index (χ2v) is 2.99. The van der Waals surface area contributed by atoms with Crippen LogP contribution in [-0.4, -0.2) is 9.97 Å². The van der Waals surface area contributed by atoms with Crippen LogP contribution in [0.25, 0.3) is 0 Å². The van der Waals surface area contributed by atoms with Gasteiger partial charge < -0.3 is 5.73 Å². The van der Waals surface area contributed by atoms with E-state index < -0.39 is 0 Å². The molecule has 1 saturated carbocycles. The molecule has 2 rings (SSSR count). The van der Waals surface area contributed by atoms with Crippen LogP contribution in [0.4, 0.5) is 0 Å². The quantitative estimate of drug-likeness (QED) is 0.679. The Balaban J connectivity index is 2.15. The summed E-state index contributed by atoms with van der Waals surface area (Å²) in [4.78, 5) is 8.13. The molecule has 1 aromatic rings. The Bertz CT molecular complexity index is 230. The van der Waals surface area contributed by atoms with E-state index in [4.69, 9.17) is 5.73 Å². The van der Waals surface area contributed by atoms with Crippen molar-refractivity contribution in [3.8, 4) is 0 Å². The summed E-state index contributed by atoms with van der Waals surface area (Å²) in [5.74, 6) is 0.659. The lowest BCUT2D eigenvalue weighted by atomic mass is 10.1. The first-order valence-electron chi connectivity index (χ1n) is 3.89. The van der Waals surface area contributed by atoms with Gasteiger partial charge in [0, 0.05) is 18.6 Å². The van der Waals surface area contributed by atoms with Gasteiger partial charge in [-0.3, -0.25) is 9.97 Å². The second kappa shape index (κ2) is 2.58. The van der Waals surface area contributed by atoms with Crippen molar-refractivity contribution in [3.05, 3.63) is 24.3 Å². The molecule has 1 heterocycles. The Kier molecular flexibility index (Phi) is 1.58. The van der Waals surface area contributed by atoms with Crippen LogP contribution in [0.15, 0.2) is 18.6 Å². The molecule has 0 spiro atoms. The van der Waals surface area contributed by atoms with Crippen LogP contribution in [0.5, 0.6) is 0 Å². The third-order valence-electron chi connectivity index (χ3n) is 2.05. The van der Waals surface area contributed by atoms with Gasteiger partial charge in [0.25, 0.3) is 0 Å². The fourth-order valence-electron chi connectivity index (χ4n) is 1.18. The average molecular weight is 149 g/mol. The largest absolute Gasteiger partial charge is 0.322 e. The molecule has 3 nitrogen and oxygen atoms in total. The van der Waals surface area contributed by atoms with E-state index in [0.717, 1.165) is 5.69 Å². The highest BCUT2D eigenvalue weighted by molar-refractivity contribution is 5.05. The zero-order valence-corrected chi connectivity index (χ0v) is 6.27. The summed E-state index contributed by atoms with van der Waals surface area (Å²) in [6.07, 6.45) is 7.61. The summed E-state index contributed by atoms with van der Waals surface area (Å²) in [5.41, 5.74) is 6.82. The number of nitrogens with zero attached hydrogens (tertiary/aromatic N) is 2. The molecule has 58 valence electrons. The molecule has 1 aromatic heterocycles. The highest BCUT2D eigenvalue weighted by atomic mass is 14.8. The molecular weight excluding hydrogens is 138 g/mol. The van der Waals surface area contributed by atoms with E-state index in [9.17, 15) is 0 Å². The fraction of sp³-hybridized carbons (Fsp3) is 0.500. The summed E-state index contributed by atoms with van der Waals surface area (Å²) in [6, 6.07) is 0.115. The molecule has 1 fully saturated rings. The van der Waals surface area contributed by atoms with E-state index >= 15 is 0 Å². The summed E-state index contributed by atoms with van der Waals surface area (Å²) < 4.78 is 0. The molecule has 1 aliphatic rings. The molecule has 0 aliphatic heterocycles. The van der Waals surface area contributed by atoms with Gasteiger partial charge in [0.05, 0.1) is 11.7 Å². The fourth-order valence-corrected chi connectivity index (χ4v) is 1.18. The lowest BCUT2D eigenvalue weighted by molar-refractivity contribution is 0.611. The minimum atomic E-state index is 0.115. The van der Waals surface area contributed by atoms with Crippen molar-refractivity contribution in [2.45, 2.75) is 18.9 Å². The monoisotopic (exact) mass is 149 g/mol. The van der Waals surface area contributed by atoms with Gasteiger partial charge in [0.15, 0.2) is 0 Å². The number of hydrogen-bond acceptors (Lipinski definition) is 3. The first kappa shape index (κ1) is 6.73. The van der Waals surface area contributed by atoms with E-state index in [0.29, 0.717) is 5.92 Å². The topological polar surface area (TPSA) is 51.8 Å². The molecule has 0 amide bonds. The Morgan fingerprint density at radius 3 is 2.82 bits per heavy atom. The zero-order valence-electron chi connectivity index (χ0n) is 6.27. The van der Waals surface area contributed by atoms with Crippen molar-refractivity contribution < 1.29 is 0 Å². The van der Waals surface area contributed by atoms with Gasteiger partial charge in [-0.25, -0.2) is 0 Å². The van der Waals surface area contributed by atoms with E-state index in [1.807, 2.05) is 0 Å². The highest BCUT2D eigenvalue weighted by Gasteiger charge is 2.30. The first-order valence-corrected chi connectivity index (χ1v) is 3.89. The van der Waals surface area contributed by atoms with Crippen LogP contribution in [0.1, 0.15) is 24.6 Å². The van der Waals surface area contributed by atoms with Crippen LogP contribution < -0.4 is 5.73 Å². The molecule has 0 bridgehead atoms. The molecule has 3 heteroatoms. The van der Waals surface area contributed by atoms with E-state index in [2.05, 4.69) is 9.97 Å². The van der Waals surface area contributed by atoms with Crippen LogP contribution in [0.2, 0.25) is 0 Å². The Morgan fingerprint density at radius 2 is 2.27 bits per heavy atom. The number of rotatable bonds is 2. The van der Waals surface area contributed by atoms with Gasteiger partial charge in [0.2, 0.25) is 0 Å². The van der Waals surface area contributed by atoms with Crippen LogP contribution in [-0.2, 0) is 0 Å². The van der Waals surface area contributed by atoms with Gasteiger partial charge >= 0.3 is 0 Å². The summed E-state index contributed by atoms with van der Waals surface area (Å²) in [5, 5.41) is 0. The zero-order chi connectivity index (χ0) is 7.68.